The molecule has 2 fully saturated rings. The highest BCUT2D eigenvalue weighted by Gasteiger charge is 2.41. The smallest absolute Gasteiger partial charge is 0.322 e. The summed E-state index contributed by atoms with van der Waals surface area (Å²) in [4.78, 5) is 39.0. The lowest BCUT2D eigenvalue weighted by Gasteiger charge is -2.30. The molecule has 0 aromatic heterocycles. The maximum Gasteiger partial charge on any atom is 0.322 e. The molecule has 1 aromatic rings. The highest BCUT2D eigenvalue weighted by Crippen LogP contribution is 2.27. The van der Waals surface area contributed by atoms with Crippen molar-refractivity contribution in [3.05, 3.63) is 35.9 Å². The van der Waals surface area contributed by atoms with Gasteiger partial charge < -0.3 is 15.4 Å². The Hall–Kier alpha value is -2.37. The molecule has 2 aliphatic carbocycles. The van der Waals surface area contributed by atoms with Crippen molar-refractivity contribution >= 4 is 17.8 Å². The van der Waals surface area contributed by atoms with E-state index in [4.69, 9.17) is 4.74 Å². The topological polar surface area (TPSA) is 84.5 Å². The molecule has 0 saturated heterocycles. The van der Waals surface area contributed by atoms with Crippen molar-refractivity contribution in [2.45, 2.75) is 96.2 Å². The molecule has 0 aliphatic heterocycles. The van der Waals surface area contributed by atoms with E-state index in [9.17, 15) is 14.4 Å². The van der Waals surface area contributed by atoms with Crippen LogP contribution in [-0.2, 0) is 19.1 Å². The Kier molecular flexibility index (Phi) is 8.10. The summed E-state index contributed by atoms with van der Waals surface area (Å²) in [6.07, 6.45) is 9.43. The first-order valence-electron chi connectivity index (χ1n) is 11.8. The molecule has 0 radical (unpaired) electrons. The number of rotatable bonds is 7. The van der Waals surface area contributed by atoms with Crippen LogP contribution in [0.3, 0.4) is 0 Å². The Balaban J connectivity index is 1.69. The summed E-state index contributed by atoms with van der Waals surface area (Å²) >= 11 is 0. The maximum atomic E-state index is 13.1. The largest absolute Gasteiger partial charge is 0.446 e. The van der Waals surface area contributed by atoms with Crippen molar-refractivity contribution in [2.24, 2.45) is 5.41 Å². The second-order valence-corrected chi connectivity index (χ2v) is 9.47. The Morgan fingerprint density at radius 2 is 1.35 bits per heavy atom. The molecule has 0 heterocycles. The van der Waals surface area contributed by atoms with Gasteiger partial charge in [0.2, 0.25) is 12.0 Å². The standard InChI is InChI=1S/C25H36N2O4/c1-25(2,23(29)27-20-16-10-5-11-17-20)24(30)31-21(18-12-6-3-7-13-18)22(28)26-19-14-8-4-9-15-19/h3,6-7,12-13,19-21H,4-5,8-11,14-17H2,1-2H3,(H,26,28)(H,27,29). The van der Waals surface area contributed by atoms with Gasteiger partial charge in [-0.15, -0.1) is 0 Å². The molecule has 2 aliphatic rings. The number of carbonyl (C=O) groups excluding carboxylic acids is 3. The second-order valence-electron chi connectivity index (χ2n) is 9.47. The van der Waals surface area contributed by atoms with Crippen LogP contribution >= 0.6 is 0 Å². The zero-order valence-electron chi connectivity index (χ0n) is 18.8. The third-order valence-electron chi connectivity index (χ3n) is 6.54. The lowest BCUT2D eigenvalue weighted by molar-refractivity contribution is -0.168. The van der Waals surface area contributed by atoms with Gasteiger partial charge in [-0.05, 0) is 39.5 Å². The average Bonchev–Trinajstić information content (AvgIpc) is 2.79. The molecule has 3 rings (SSSR count). The minimum Gasteiger partial charge on any atom is -0.446 e. The van der Waals surface area contributed by atoms with E-state index < -0.39 is 17.5 Å². The van der Waals surface area contributed by atoms with E-state index >= 15 is 0 Å². The monoisotopic (exact) mass is 428 g/mol. The van der Waals surface area contributed by atoms with Crippen LogP contribution < -0.4 is 10.6 Å². The van der Waals surface area contributed by atoms with E-state index in [1.165, 1.54) is 12.8 Å². The summed E-state index contributed by atoms with van der Waals surface area (Å²) in [5, 5.41) is 6.06. The summed E-state index contributed by atoms with van der Waals surface area (Å²) in [6, 6.07) is 9.22. The van der Waals surface area contributed by atoms with Crippen molar-refractivity contribution in [1.29, 1.82) is 0 Å². The lowest BCUT2D eigenvalue weighted by Crippen LogP contribution is -2.49. The highest BCUT2D eigenvalue weighted by molar-refractivity contribution is 6.02. The van der Waals surface area contributed by atoms with Crippen molar-refractivity contribution in [1.82, 2.24) is 10.6 Å². The summed E-state index contributed by atoms with van der Waals surface area (Å²) in [5.41, 5.74) is -0.775. The van der Waals surface area contributed by atoms with E-state index in [1.54, 1.807) is 26.0 Å². The van der Waals surface area contributed by atoms with Crippen LogP contribution in [0.5, 0.6) is 0 Å². The van der Waals surface area contributed by atoms with Crippen LogP contribution in [0.4, 0.5) is 0 Å². The summed E-state index contributed by atoms with van der Waals surface area (Å²) in [6.45, 7) is 3.13. The Morgan fingerprint density at radius 1 is 0.839 bits per heavy atom. The average molecular weight is 429 g/mol. The van der Waals surface area contributed by atoms with Gasteiger partial charge >= 0.3 is 5.97 Å². The quantitative estimate of drug-likeness (QED) is 0.504. The van der Waals surface area contributed by atoms with Gasteiger partial charge in [0.1, 0.15) is 5.41 Å². The summed E-state index contributed by atoms with van der Waals surface area (Å²) in [5.74, 6) is -1.35. The first kappa shape index (κ1) is 23.3. The molecule has 2 N–H and O–H groups in total. The number of ether oxygens (including phenoxy) is 1. The fraction of sp³-hybridized carbons (Fsp3) is 0.640. The molecule has 1 unspecified atom stereocenters. The van der Waals surface area contributed by atoms with Crippen LogP contribution in [0.25, 0.3) is 0 Å². The molecule has 1 aromatic carbocycles. The van der Waals surface area contributed by atoms with Gasteiger partial charge in [0.05, 0.1) is 0 Å². The summed E-state index contributed by atoms with van der Waals surface area (Å²) < 4.78 is 5.70. The molecule has 2 amide bonds. The number of nitrogens with one attached hydrogen (secondary N) is 2. The molecular weight excluding hydrogens is 392 g/mol. The van der Waals surface area contributed by atoms with E-state index in [2.05, 4.69) is 10.6 Å². The molecule has 2 saturated carbocycles. The van der Waals surface area contributed by atoms with Crippen LogP contribution in [0.1, 0.15) is 89.7 Å². The highest BCUT2D eigenvalue weighted by atomic mass is 16.5. The second kappa shape index (κ2) is 10.8. The van der Waals surface area contributed by atoms with Gasteiger partial charge in [-0.25, -0.2) is 0 Å². The van der Waals surface area contributed by atoms with Gasteiger partial charge in [0, 0.05) is 17.6 Å². The molecule has 6 heteroatoms. The van der Waals surface area contributed by atoms with Crippen molar-refractivity contribution in [3.63, 3.8) is 0 Å². The normalized spacial score (nSPS) is 19.3. The van der Waals surface area contributed by atoms with E-state index in [0.717, 1.165) is 51.4 Å². The minimum atomic E-state index is -1.38. The van der Waals surface area contributed by atoms with Crippen molar-refractivity contribution in [2.75, 3.05) is 0 Å². The van der Waals surface area contributed by atoms with Crippen LogP contribution in [-0.4, -0.2) is 29.9 Å². The lowest BCUT2D eigenvalue weighted by atomic mass is 9.89. The Labute approximate surface area is 185 Å². The molecule has 31 heavy (non-hydrogen) atoms. The van der Waals surface area contributed by atoms with E-state index in [1.807, 2.05) is 18.2 Å². The zero-order chi connectivity index (χ0) is 22.3. The third kappa shape index (κ3) is 6.31. The predicted molar refractivity (Wildman–Crippen MR) is 119 cm³/mol. The van der Waals surface area contributed by atoms with Crippen LogP contribution in [0.2, 0.25) is 0 Å². The first-order valence-corrected chi connectivity index (χ1v) is 11.8. The number of hydrogen-bond donors (Lipinski definition) is 2. The van der Waals surface area contributed by atoms with E-state index in [0.29, 0.717) is 5.56 Å². The van der Waals surface area contributed by atoms with E-state index in [-0.39, 0.29) is 23.9 Å². The summed E-state index contributed by atoms with van der Waals surface area (Å²) in [7, 11) is 0. The number of benzene rings is 1. The first-order chi connectivity index (χ1) is 14.9. The third-order valence-corrected chi connectivity index (χ3v) is 6.54. The molecule has 0 bridgehead atoms. The SMILES string of the molecule is CC(C)(C(=O)NC1CCCCC1)C(=O)OC(C(=O)NC1CCCCC1)c1ccccc1. The maximum absolute atomic E-state index is 13.1. The minimum absolute atomic E-state index is 0.104. The number of hydrogen-bond acceptors (Lipinski definition) is 4. The van der Waals surface area contributed by atoms with Gasteiger partial charge in [0.25, 0.3) is 5.91 Å². The number of esters is 1. The predicted octanol–water partition coefficient (Wildman–Crippen LogP) is 4.19. The van der Waals surface area contributed by atoms with Gasteiger partial charge in [-0.3, -0.25) is 14.4 Å². The number of amides is 2. The molecule has 1 atom stereocenters. The molecule has 170 valence electrons. The zero-order valence-corrected chi connectivity index (χ0v) is 18.8. The molecular formula is C25H36N2O4. The van der Waals surface area contributed by atoms with Gasteiger partial charge in [-0.2, -0.15) is 0 Å². The van der Waals surface area contributed by atoms with Crippen LogP contribution in [0.15, 0.2) is 30.3 Å². The van der Waals surface area contributed by atoms with Crippen molar-refractivity contribution in [3.8, 4) is 0 Å². The fourth-order valence-corrected chi connectivity index (χ4v) is 4.38. The van der Waals surface area contributed by atoms with Crippen LogP contribution in [0, 0.1) is 5.41 Å². The van der Waals surface area contributed by atoms with Gasteiger partial charge in [0.15, 0.2) is 0 Å². The Bertz CT molecular complexity index is 750. The Morgan fingerprint density at radius 3 is 1.90 bits per heavy atom. The molecule has 0 spiro atoms. The molecule has 6 nitrogen and oxygen atoms in total. The van der Waals surface area contributed by atoms with Crippen molar-refractivity contribution < 1.29 is 19.1 Å². The number of carbonyl (C=O) groups is 3. The van der Waals surface area contributed by atoms with Gasteiger partial charge in [-0.1, -0.05) is 68.9 Å². The fourth-order valence-electron chi connectivity index (χ4n) is 4.38.